The number of nitrogens with one attached hydrogen (secondary N) is 1. The van der Waals surface area contributed by atoms with Gasteiger partial charge in [-0.05, 0) is 79.3 Å². The average molecular weight is 321 g/mol. The molecule has 1 aromatic heterocycles. The molecule has 0 saturated carbocycles. The summed E-state index contributed by atoms with van der Waals surface area (Å²) in [4.78, 5) is 0. The second-order valence-corrected chi connectivity index (χ2v) is 6.31. The van der Waals surface area contributed by atoms with E-state index in [4.69, 9.17) is 0 Å². The Kier molecular flexibility index (Phi) is 3.68. The second kappa shape index (κ2) is 5.29. The Bertz CT molecular complexity index is 613. The molecule has 1 aliphatic heterocycles. The zero-order chi connectivity index (χ0) is 13.4. The van der Waals surface area contributed by atoms with Crippen molar-refractivity contribution in [2.24, 2.45) is 0 Å². The Hall–Kier alpha value is -0.800. The highest BCUT2D eigenvalue weighted by Crippen LogP contribution is 2.36. The van der Waals surface area contributed by atoms with Gasteiger partial charge < -0.3 is 9.88 Å². The highest BCUT2D eigenvalue weighted by molar-refractivity contribution is 9.10. The molecule has 2 heterocycles. The number of nitrogens with zero attached hydrogens (tertiary/aromatic N) is 1. The topological polar surface area (TPSA) is 17.0 Å². The molecule has 0 fully saturated rings. The molecule has 0 aliphatic carbocycles. The lowest BCUT2D eigenvalue weighted by atomic mass is 9.98. The molecule has 3 rings (SSSR count). The van der Waals surface area contributed by atoms with Crippen LogP contribution in [0, 0.1) is 6.92 Å². The molecule has 3 heteroatoms. The zero-order valence-corrected chi connectivity index (χ0v) is 13.3. The SMILES string of the molecule is CNCCCc1cc2c3c(c1)c(Br)c(C)n3CCC2. The molecule has 0 saturated heterocycles. The standard InChI is InChI=1S/C16H21BrN2/c1-11-15(17)14-10-12(5-3-7-18-2)9-13-6-4-8-19(11)16(13)14/h9-10,18H,3-8H2,1-2H3. The van der Waals surface area contributed by atoms with E-state index >= 15 is 0 Å². The third kappa shape index (κ3) is 2.23. The van der Waals surface area contributed by atoms with Crippen molar-refractivity contribution in [1.82, 2.24) is 9.88 Å². The Morgan fingerprint density at radius 3 is 3.00 bits per heavy atom. The Labute approximate surface area is 123 Å². The van der Waals surface area contributed by atoms with Crippen molar-refractivity contribution in [3.05, 3.63) is 33.4 Å². The summed E-state index contributed by atoms with van der Waals surface area (Å²) in [5.74, 6) is 0. The number of rotatable bonds is 4. The number of hydrogen-bond acceptors (Lipinski definition) is 1. The first-order chi connectivity index (χ1) is 9.22. The van der Waals surface area contributed by atoms with Gasteiger partial charge in [-0.3, -0.25) is 0 Å². The predicted molar refractivity (Wildman–Crippen MR) is 84.9 cm³/mol. The molecule has 1 aliphatic rings. The van der Waals surface area contributed by atoms with E-state index in [2.05, 4.69) is 44.9 Å². The number of aryl methyl sites for hydroxylation is 3. The van der Waals surface area contributed by atoms with Crippen LogP contribution in [0.5, 0.6) is 0 Å². The monoisotopic (exact) mass is 320 g/mol. The zero-order valence-electron chi connectivity index (χ0n) is 11.7. The van der Waals surface area contributed by atoms with Crippen molar-refractivity contribution in [3.63, 3.8) is 0 Å². The van der Waals surface area contributed by atoms with Gasteiger partial charge in [0, 0.05) is 22.1 Å². The maximum absolute atomic E-state index is 3.79. The van der Waals surface area contributed by atoms with E-state index in [-0.39, 0.29) is 0 Å². The van der Waals surface area contributed by atoms with Crippen LogP contribution in [0.15, 0.2) is 16.6 Å². The summed E-state index contributed by atoms with van der Waals surface area (Å²) in [6, 6.07) is 4.81. The number of hydrogen-bond donors (Lipinski definition) is 1. The van der Waals surface area contributed by atoms with Gasteiger partial charge in [-0.1, -0.05) is 6.07 Å². The number of benzene rings is 1. The highest BCUT2D eigenvalue weighted by atomic mass is 79.9. The van der Waals surface area contributed by atoms with E-state index in [1.54, 1.807) is 0 Å². The molecule has 0 atom stereocenters. The van der Waals surface area contributed by atoms with Crippen molar-refractivity contribution < 1.29 is 0 Å². The minimum absolute atomic E-state index is 1.09. The summed E-state index contributed by atoms with van der Waals surface area (Å²) in [5.41, 5.74) is 5.87. The van der Waals surface area contributed by atoms with Crippen molar-refractivity contribution in [1.29, 1.82) is 0 Å². The lowest BCUT2D eigenvalue weighted by molar-refractivity contribution is 0.621. The van der Waals surface area contributed by atoms with Gasteiger partial charge in [-0.25, -0.2) is 0 Å². The van der Waals surface area contributed by atoms with E-state index in [1.165, 1.54) is 64.4 Å². The first-order valence-electron chi connectivity index (χ1n) is 7.17. The van der Waals surface area contributed by atoms with E-state index in [0.29, 0.717) is 0 Å². The van der Waals surface area contributed by atoms with Crippen LogP contribution in [0.2, 0.25) is 0 Å². The Morgan fingerprint density at radius 2 is 2.21 bits per heavy atom. The predicted octanol–water partition coefficient (Wildman–Crippen LogP) is 3.81. The van der Waals surface area contributed by atoms with Gasteiger partial charge in [0.25, 0.3) is 0 Å². The summed E-state index contributed by atoms with van der Waals surface area (Å²) in [7, 11) is 2.02. The minimum Gasteiger partial charge on any atom is -0.343 e. The largest absolute Gasteiger partial charge is 0.343 e. The third-order valence-electron chi connectivity index (χ3n) is 4.20. The van der Waals surface area contributed by atoms with Gasteiger partial charge in [0.1, 0.15) is 0 Å². The van der Waals surface area contributed by atoms with Crippen molar-refractivity contribution >= 4 is 26.8 Å². The van der Waals surface area contributed by atoms with E-state index < -0.39 is 0 Å². The molecule has 1 aromatic carbocycles. The van der Waals surface area contributed by atoms with Gasteiger partial charge >= 0.3 is 0 Å². The van der Waals surface area contributed by atoms with Crippen molar-refractivity contribution in [2.45, 2.75) is 39.2 Å². The van der Waals surface area contributed by atoms with Crippen LogP contribution >= 0.6 is 15.9 Å². The van der Waals surface area contributed by atoms with Gasteiger partial charge in [-0.2, -0.15) is 0 Å². The minimum atomic E-state index is 1.09. The molecular weight excluding hydrogens is 300 g/mol. The van der Waals surface area contributed by atoms with Crippen LogP contribution in [0.25, 0.3) is 10.9 Å². The molecule has 0 spiro atoms. The van der Waals surface area contributed by atoms with Crippen LogP contribution in [0.3, 0.4) is 0 Å². The molecule has 0 unspecified atom stereocenters. The maximum atomic E-state index is 3.79. The van der Waals surface area contributed by atoms with E-state index in [9.17, 15) is 0 Å². The fourth-order valence-electron chi connectivity index (χ4n) is 3.24. The van der Waals surface area contributed by atoms with Crippen LogP contribution in [0.4, 0.5) is 0 Å². The Morgan fingerprint density at radius 1 is 1.37 bits per heavy atom. The first-order valence-corrected chi connectivity index (χ1v) is 7.96. The van der Waals surface area contributed by atoms with Gasteiger partial charge in [0.15, 0.2) is 0 Å². The quantitative estimate of drug-likeness (QED) is 0.848. The fraction of sp³-hybridized carbons (Fsp3) is 0.500. The van der Waals surface area contributed by atoms with Crippen LogP contribution in [-0.2, 0) is 19.4 Å². The van der Waals surface area contributed by atoms with Crippen molar-refractivity contribution in [3.8, 4) is 0 Å². The average Bonchev–Trinajstić information content (AvgIpc) is 2.67. The molecule has 2 nitrogen and oxygen atoms in total. The van der Waals surface area contributed by atoms with Gasteiger partial charge in [0.05, 0.1) is 5.52 Å². The molecule has 1 N–H and O–H groups in total. The molecule has 0 bridgehead atoms. The first kappa shape index (κ1) is 13.2. The molecule has 0 radical (unpaired) electrons. The van der Waals surface area contributed by atoms with Crippen LogP contribution in [0.1, 0.15) is 29.7 Å². The summed E-state index contributed by atoms with van der Waals surface area (Å²) >= 11 is 3.79. The summed E-state index contributed by atoms with van der Waals surface area (Å²) in [5, 5.41) is 4.64. The van der Waals surface area contributed by atoms with Crippen LogP contribution in [-0.4, -0.2) is 18.2 Å². The third-order valence-corrected chi connectivity index (χ3v) is 5.20. The van der Waals surface area contributed by atoms with Crippen LogP contribution < -0.4 is 5.32 Å². The molecule has 19 heavy (non-hydrogen) atoms. The summed E-state index contributed by atoms with van der Waals surface area (Å²) in [6.45, 7) is 4.48. The summed E-state index contributed by atoms with van der Waals surface area (Å²) in [6.07, 6.45) is 4.87. The highest BCUT2D eigenvalue weighted by Gasteiger charge is 2.19. The second-order valence-electron chi connectivity index (χ2n) is 5.51. The Balaban J connectivity index is 2.07. The smallest absolute Gasteiger partial charge is 0.0526 e. The molecular formula is C16H21BrN2. The molecule has 2 aromatic rings. The molecule has 0 amide bonds. The number of aromatic nitrogens is 1. The van der Waals surface area contributed by atoms with Gasteiger partial charge in [0.2, 0.25) is 0 Å². The fourth-order valence-corrected chi connectivity index (χ4v) is 3.76. The van der Waals surface area contributed by atoms with Crippen molar-refractivity contribution in [2.75, 3.05) is 13.6 Å². The van der Waals surface area contributed by atoms with E-state index in [0.717, 1.165) is 6.54 Å². The lowest BCUT2D eigenvalue weighted by Crippen LogP contribution is -2.10. The van der Waals surface area contributed by atoms with E-state index in [1.807, 2.05) is 7.05 Å². The lowest BCUT2D eigenvalue weighted by Gasteiger charge is -2.18. The number of halogens is 1. The summed E-state index contributed by atoms with van der Waals surface area (Å²) < 4.78 is 3.77. The van der Waals surface area contributed by atoms with Gasteiger partial charge in [-0.15, -0.1) is 0 Å². The maximum Gasteiger partial charge on any atom is 0.0526 e. The normalized spacial score (nSPS) is 14.3. The molecule has 102 valence electrons.